The summed E-state index contributed by atoms with van der Waals surface area (Å²) in [7, 11) is 1.80. The van der Waals surface area contributed by atoms with Crippen LogP contribution in [0.2, 0.25) is 0 Å². The summed E-state index contributed by atoms with van der Waals surface area (Å²) in [6.07, 6.45) is 5.33. The molecule has 1 aliphatic carbocycles. The first-order valence-corrected chi connectivity index (χ1v) is 6.26. The molecule has 1 aliphatic rings. The predicted molar refractivity (Wildman–Crippen MR) is 59.8 cm³/mol. The van der Waals surface area contributed by atoms with Crippen LogP contribution in [0.25, 0.3) is 0 Å². The minimum absolute atomic E-state index is 0.366. The molecule has 2 unspecified atom stereocenters. The second-order valence-electron chi connectivity index (χ2n) is 3.94. The van der Waals surface area contributed by atoms with Crippen LogP contribution in [0.5, 0.6) is 0 Å². The second kappa shape index (κ2) is 5.53. The van der Waals surface area contributed by atoms with Crippen molar-refractivity contribution in [2.75, 3.05) is 7.11 Å². The summed E-state index contributed by atoms with van der Waals surface area (Å²) in [4.78, 5) is 0. The molecule has 1 heterocycles. The van der Waals surface area contributed by atoms with Gasteiger partial charge in [0.15, 0.2) is 0 Å². The molecular formula is C10H17N3OS. The van der Waals surface area contributed by atoms with E-state index in [2.05, 4.69) is 14.9 Å². The van der Waals surface area contributed by atoms with Crippen LogP contribution in [0.3, 0.4) is 0 Å². The fourth-order valence-electron chi connectivity index (χ4n) is 2.11. The minimum atomic E-state index is 0.366. The van der Waals surface area contributed by atoms with Crippen molar-refractivity contribution in [1.29, 1.82) is 0 Å². The van der Waals surface area contributed by atoms with Gasteiger partial charge in [-0.15, -0.1) is 5.10 Å². The smallest absolute Gasteiger partial charge is 0.0893 e. The standard InChI is InChI=1S/C10H17N3OS/c1-14-10-5-3-2-4-9(10)11-6-8-7-15-13-12-8/h7,9-11H,2-6H2,1H3. The third-order valence-electron chi connectivity index (χ3n) is 2.96. The SMILES string of the molecule is COC1CCCCC1NCc1csnn1. The highest BCUT2D eigenvalue weighted by molar-refractivity contribution is 7.03. The van der Waals surface area contributed by atoms with Crippen LogP contribution in [-0.4, -0.2) is 28.8 Å². The lowest BCUT2D eigenvalue weighted by Crippen LogP contribution is -2.42. The van der Waals surface area contributed by atoms with Crippen LogP contribution >= 0.6 is 11.5 Å². The molecule has 2 rings (SSSR count). The molecule has 0 spiro atoms. The Labute approximate surface area is 94.2 Å². The molecule has 0 saturated heterocycles. The predicted octanol–water partition coefficient (Wildman–Crippen LogP) is 1.59. The Kier molecular flexibility index (Phi) is 4.05. The van der Waals surface area contributed by atoms with Crippen molar-refractivity contribution < 1.29 is 4.74 Å². The molecule has 1 aromatic rings. The number of methoxy groups -OCH3 is 1. The summed E-state index contributed by atoms with van der Waals surface area (Å²) in [5.74, 6) is 0. The molecule has 4 nitrogen and oxygen atoms in total. The van der Waals surface area contributed by atoms with E-state index in [4.69, 9.17) is 4.74 Å². The average molecular weight is 227 g/mol. The first kappa shape index (κ1) is 11.0. The summed E-state index contributed by atoms with van der Waals surface area (Å²) in [5, 5.41) is 9.50. The van der Waals surface area contributed by atoms with Crippen molar-refractivity contribution in [3.05, 3.63) is 11.1 Å². The van der Waals surface area contributed by atoms with Crippen molar-refractivity contribution in [3.63, 3.8) is 0 Å². The first-order valence-electron chi connectivity index (χ1n) is 5.42. The van der Waals surface area contributed by atoms with Crippen molar-refractivity contribution >= 4 is 11.5 Å². The van der Waals surface area contributed by atoms with Gasteiger partial charge in [0.05, 0.1) is 11.8 Å². The Morgan fingerprint density at radius 2 is 2.40 bits per heavy atom. The van der Waals surface area contributed by atoms with Crippen molar-refractivity contribution in [3.8, 4) is 0 Å². The summed E-state index contributed by atoms with van der Waals surface area (Å²) in [6.45, 7) is 0.807. The van der Waals surface area contributed by atoms with Crippen LogP contribution < -0.4 is 5.32 Å². The van der Waals surface area contributed by atoms with Gasteiger partial charge in [-0.2, -0.15) is 0 Å². The molecule has 1 aromatic heterocycles. The van der Waals surface area contributed by atoms with Crippen molar-refractivity contribution in [1.82, 2.24) is 14.9 Å². The highest BCUT2D eigenvalue weighted by Crippen LogP contribution is 2.20. The zero-order valence-corrected chi connectivity index (χ0v) is 9.80. The molecule has 5 heteroatoms. The Balaban J connectivity index is 1.81. The van der Waals surface area contributed by atoms with Gasteiger partial charge in [-0.3, -0.25) is 0 Å². The zero-order valence-electron chi connectivity index (χ0n) is 8.98. The van der Waals surface area contributed by atoms with Gasteiger partial charge in [0.2, 0.25) is 0 Å². The van der Waals surface area contributed by atoms with Gasteiger partial charge >= 0.3 is 0 Å². The highest BCUT2D eigenvalue weighted by atomic mass is 32.1. The number of aromatic nitrogens is 2. The molecule has 1 N–H and O–H groups in total. The Morgan fingerprint density at radius 3 is 3.13 bits per heavy atom. The number of nitrogens with one attached hydrogen (secondary N) is 1. The first-order chi connectivity index (χ1) is 7.40. The second-order valence-corrected chi connectivity index (χ2v) is 4.55. The van der Waals surface area contributed by atoms with E-state index in [1.165, 1.54) is 37.2 Å². The van der Waals surface area contributed by atoms with Crippen LogP contribution in [0.15, 0.2) is 5.38 Å². The van der Waals surface area contributed by atoms with Crippen molar-refractivity contribution in [2.45, 2.75) is 44.4 Å². The van der Waals surface area contributed by atoms with Crippen LogP contribution in [-0.2, 0) is 11.3 Å². The molecule has 0 amide bonds. The lowest BCUT2D eigenvalue weighted by molar-refractivity contribution is 0.0412. The van der Waals surface area contributed by atoms with Gasteiger partial charge in [0.25, 0.3) is 0 Å². The van der Waals surface area contributed by atoms with E-state index in [-0.39, 0.29) is 0 Å². The maximum Gasteiger partial charge on any atom is 0.0893 e. The normalized spacial score (nSPS) is 26.7. The molecule has 1 fully saturated rings. The van der Waals surface area contributed by atoms with Gasteiger partial charge in [-0.05, 0) is 24.4 Å². The Morgan fingerprint density at radius 1 is 1.53 bits per heavy atom. The van der Waals surface area contributed by atoms with Gasteiger partial charge in [-0.1, -0.05) is 17.3 Å². The molecule has 2 atom stereocenters. The third-order valence-corrected chi connectivity index (χ3v) is 3.51. The fourth-order valence-corrected chi connectivity index (χ4v) is 2.56. The third kappa shape index (κ3) is 2.96. The number of nitrogens with zero attached hydrogens (tertiary/aromatic N) is 2. The number of hydrogen-bond donors (Lipinski definition) is 1. The largest absolute Gasteiger partial charge is 0.380 e. The highest BCUT2D eigenvalue weighted by Gasteiger charge is 2.24. The fraction of sp³-hybridized carbons (Fsp3) is 0.800. The molecular weight excluding hydrogens is 210 g/mol. The molecule has 1 saturated carbocycles. The van der Waals surface area contributed by atoms with Gasteiger partial charge in [-0.25, -0.2) is 0 Å². The summed E-state index contributed by atoms with van der Waals surface area (Å²) in [6, 6.07) is 0.477. The van der Waals surface area contributed by atoms with Crippen LogP contribution in [0.4, 0.5) is 0 Å². The molecule has 0 aliphatic heterocycles. The molecule has 15 heavy (non-hydrogen) atoms. The number of rotatable bonds is 4. The number of ether oxygens (including phenoxy) is 1. The Hall–Kier alpha value is -0.520. The van der Waals surface area contributed by atoms with Gasteiger partial charge in [0, 0.05) is 25.1 Å². The van der Waals surface area contributed by atoms with Gasteiger partial charge < -0.3 is 10.1 Å². The van der Waals surface area contributed by atoms with E-state index >= 15 is 0 Å². The lowest BCUT2D eigenvalue weighted by Gasteiger charge is -2.30. The maximum absolute atomic E-state index is 5.48. The van der Waals surface area contributed by atoms with E-state index in [1.54, 1.807) is 7.11 Å². The summed E-state index contributed by atoms with van der Waals surface area (Å²) >= 11 is 1.40. The summed E-state index contributed by atoms with van der Waals surface area (Å²) in [5.41, 5.74) is 1.03. The monoisotopic (exact) mass is 227 g/mol. The number of hydrogen-bond acceptors (Lipinski definition) is 5. The molecule has 0 bridgehead atoms. The van der Waals surface area contributed by atoms with Crippen LogP contribution in [0.1, 0.15) is 31.4 Å². The molecule has 0 aromatic carbocycles. The topological polar surface area (TPSA) is 47.0 Å². The molecule has 0 radical (unpaired) electrons. The van der Waals surface area contributed by atoms with E-state index < -0.39 is 0 Å². The van der Waals surface area contributed by atoms with E-state index in [1.807, 2.05) is 5.38 Å². The minimum Gasteiger partial charge on any atom is -0.380 e. The van der Waals surface area contributed by atoms with Crippen LogP contribution in [0, 0.1) is 0 Å². The van der Waals surface area contributed by atoms with Gasteiger partial charge in [0.1, 0.15) is 0 Å². The summed E-state index contributed by atoms with van der Waals surface area (Å²) < 4.78 is 9.32. The maximum atomic E-state index is 5.48. The average Bonchev–Trinajstić information content (AvgIpc) is 2.79. The van der Waals surface area contributed by atoms with E-state index in [9.17, 15) is 0 Å². The lowest BCUT2D eigenvalue weighted by atomic mass is 9.92. The van der Waals surface area contributed by atoms with Crippen molar-refractivity contribution in [2.24, 2.45) is 0 Å². The Bertz CT molecular complexity index is 278. The zero-order chi connectivity index (χ0) is 10.5. The molecule has 84 valence electrons. The quantitative estimate of drug-likeness (QED) is 0.848. The van der Waals surface area contributed by atoms with E-state index in [0.29, 0.717) is 12.1 Å². The van der Waals surface area contributed by atoms with E-state index in [0.717, 1.165) is 12.2 Å².